The van der Waals surface area contributed by atoms with Gasteiger partial charge in [0.1, 0.15) is 18.2 Å². The summed E-state index contributed by atoms with van der Waals surface area (Å²) >= 11 is 8.10. The Hall–Kier alpha value is -3.62. The molecule has 0 aliphatic heterocycles. The number of benzene rings is 3. The van der Waals surface area contributed by atoms with Crippen molar-refractivity contribution >= 4 is 57.5 Å². The number of nitrogens with one attached hydrogen (secondary N) is 1. The molecule has 3 aromatic carbocycles. The third-order valence-electron chi connectivity index (χ3n) is 4.51. The smallest absolute Gasteiger partial charge is 0.271 e. The molecule has 0 saturated carbocycles. The second-order valence-electron chi connectivity index (χ2n) is 6.88. The van der Waals surface area contributed by atoms with Crippen LogP contribution in [-0.2, 0) is 11.4 Å². The lowest BCUT2D eigenvalue weighted by Crippen LogP contribution is -2.13. The molecule has 0 bridgehead atoms. The number of halogens is 2. The molecule has 0 saturated heterocycles. The van der Waals surface area contributed by atoms with Crippen molar-refractivity contribution in [1.82, 2.24) is 0 Å². The van der Waals surface area contributed by atoms with Crippen LogP contribution in [-0.4, -0.2) is 17.9 Å². The van der Waals surface area contributed by atoms with Crippen LogP contribution in [0, 0.1) is 25.0 Å². The Bertz CT molecular complexity index is 1320. The number of hydrogen-bond acceptors (Lipinski definition) is 6. The predicted molar refractivity (Wildman–Crippen MR) is 137 cm³/mol. The van der Waals surface area contributed by atoms with Gasteiger partial charge in [0.2, 0.25) is 0 Å². The van der Waals surface area contributed by atoms with Gasteiger partial charge in [0.05, 0.1) is 15.6 Å². The number of nitro groups is 1. The summed E-state index contributed by atoms with van der Waals surface area (Å²) in [6.07, 6.45) is 1.40. The number of rotatable bonds is 8. The van der Waals surface area contributed by atoms with Crippen molar-refractivity contribution in [1.29, 1.82) is 5.26 Å². The number of non-ortho nitro benzene ring substituents is 1. The third kappa shape index (κ3) is 6.46. The van der Waals surface area contributed by atoms with Crippen molar-refractivity contribution in [2.75, 3.05) is 12.4 Å². The molecule has 3 rings (SSSR count). The molecule has 0 radical (unpaired) electrons. The van der Waals surface area contributed by atoms with Gasteiger partial charge in [0.25, 0.3) is 11.6 Å². The van der Waals surface area contributed by atoms with Gasteiger partial charge >= 0.3 is 0 Å². The SMILES string of the molecule is COc1cc(/C=C(\C#N)C(=O)Nc2cccc([N+](=O)[O-])c2)cc(I)c1OCc1cccc(Cl)c1. The number of nitrogens with zero attached hydrogens (tertiary/aromatic N) is 2. The molecule has 0 aliphatic carbocycles. The maximum atomic E-state index is 12.6. The Morgan fingerprint density at radius 1 is 1.24 bits per heavy atom. The summed E-state index contributed by atoms with van der Waals surface area (Å²) in [4.78, 5) is 22.9. The summed E-state index contributed by atoms with van der Waals surface area (Å²) in [7, 11) is 1.49. The maximum Gasteiger partial charge on any atom is 0.271 e. The monoisotopic (exact) mass is 589 g/mol. The molecule has 0 spiro atoms. The molecule has 0 aromatic heterocycles. The second-order valence-corrected chi connectivity index (χ2v) is 8.48. The van der Waals surface area contributed by atoms with Crippen LogP contribution in [0.15, 0.2) is 66.2 Å². The lowest BCUT2D eigenvalue weighted by Gasteiger charge is -2.14. The number of nitro benzene ring substituents is 1. The van der Waals surface area contributed by atoms with Crippen molar-refractivity contribution in [3.8, 4) is 17.6 Å². The Kier molecular flexibility index (Phi) is 8.45. The van der Waals surface area contributed by atoms with Gasteiger partial charge in [-0.2, -0.15) is 5.26 Å². The van der Waals surface area contributed by atoms with E-state index in [0.717, 1.165) is 5.56 Å². The lowest BCUT2D eigenvalue weighted by atomic mass is 10.1. The fraction of sp³-hybridized carbons (Fsp3) is 0.0833. The minimum atomic E-state index is -0.696. The highest BCUT2D eigenvalue weighted by atomic mass is 127. The summed E-state index contributed by atoms with van der Waals surface area (Å²) in [5.41, 5.74) is 1.28. The van der Waals surface area contributed by atoms with Gasteiger partial charge in [-0.15, -0.1) is 0 Å². The maximum absolute atomic E-state index is 12.6. The van der Waals surface area contributed by atoms with Crippen molar-refractivity contribution in [3.05, 3.63) is 96.1 Å². The molecule has 0 heterocycles. The first-order valence-corrected chi connectivity index (χ1v) is 11.2. The van der Waals surface area contributed by atoms with E-state index in [1.54, 1.807) is 24.3 Å². The normalized spacial score (nSPS) is 10.8. The average molecular weight is 590 g/mol. The van der Waals surface area contributed by atoms with E-state index in [2.05, 4.69) is 27.9 Å². The Labute approximate surface area is 214 Å². The molecule has 1 amide bonds. The molecule has 34 heavy (non-hydrogen) atoms. The molecule has 0 unspecified atom stereocenters. The number of hydrogen-bond donors (Lipinski definition) is 1. The number of nitriles is 1. The molecule has 8 nitrogen and oxygen atoms in total. The lowest BCUT2D eigenvalue weighted by molar-refractivity contribution is -0.384. The summed E-state index contributed by atoms with van der Waals surface area (Å²) in [5, 5.41) is 23.5. The molecule has 0 fully saturated rings. The van der Waals surface area contributed by atoms with Gasteiger partial charge in [-0.3, -0.25) is 14.9 Å². The van der Waals surface area contributed by atoms with E-state index < -0.39 is 10.8 Å². The number of carbonyl (C=O) groups is 1. The fourth-order valence-electron chi connectivity index (χ4n) is 2.96. The Morgan fingerprint density at radius 2 is 2.00 bits per heavy atom. The van der Waals surface area contributed by atoms with E-state index in [4.69, 9.17) is 21.1 Å². The summed E-state index contributed by atoms with van der Waals surface area (Å²) in [6.45, 7) is 0.275. The molecule has 10 heteroatoms. The highest BCUT2D eigenvalue weighted by Gasteiger charge is 2.15. The second kappa shape index (κ2) is 11.5. The molecule has 1 N–H and O–H groups in total. The molecule has 0 atom stereocenters. The van der Waals surface area contributed by atoms with Gasteiger partial charge in [0, 0.05) is 22.8 Å². The van der Waals surface area contributed by atoms with Crippen molar-refractivity contribution in [2.24, 2.45) is 0 Å². The van der Waals surface area contributed by atoms with Crippen LogP contribution in [0.25, 0.3) is 6.08 Å². The quantitative estimate of drug-likeness (QED) is 0.114. The third-order valence-corrected chi connectivity index (χ3v) is 5.55. The van der Waals surface area contributed by atoms with Gasteiger partial charge < -0.3 is 14.8 Å². The first kappa shape index (κ1) is 25.0. The molecular weight excluding hydrogens is 573 g/mol. The summed E-state index contributed by atoms with van der Waals surface area (Å²) < 4.78 is 12.1. The number of ether oxygens (including phenoxy) is 2. The van der Waals surface area contributed by atoms with Gasteiger partial charge in [0.15, 0.2) is 11.5 Å². The van der Waals surface area contributed by atoms with E-state index in [9.17, 15) is 20.2 Å². The minimum Gasteiger partial charge on any atom is -0.493 e. The van der Waals surface area contributed by atoms with Crippen LogP contribution in [0.4, 0.5) is 11.4 Å². The highest BCUT2D eigenvalue weighted by molar-refractivity contribution is 14.1. The average Bonchev–Trinajstić information content (AvgIpc) is 2.81. The zero-order chi connectivity index (χ0) is 24.7. The number of methoxy groups -OCH3 is 1. The molecule has 172 valence electrons. The first-order chi connectivity index (χ1) is 16.3. The van der Waals surface area contributed by atoms with Crippen LogP contribution in [0.5, 0.6) is 11.5 Å². The number of amides is 1. The van der Waals surface area contributed by atoms with Gasteiger partial charge in [-0.25, -0.2) is 0 Å². The van der Waals surface area contributed by atoms with Crippen molar-refractivity contribution in [3.63, 3.8) is 0 Å². The van der Waals surface area contributed by atoms with Crippen LogP contribution in [0.2, 0.25) is 5.02 Å². The summed E-state index contributed by atoms with van der Waals surface area (Å²) in [6, 6.07) is 18.0. The standard InChI is InChI=1S/C24H17ClIN3O5/c1-33-22-11-16(10-21(26)23(22)34-14-15-4-2-5-18(25)9-15)8-17(13-27)24(30)28-19-6-3-7-20(12-19)29(31)32/h2-12H,14H2,1H3,(H,28,30)/b17-8+. The molecular formula is C24H17ClIN3O5. The van der Waals surface area contributed by atoms with Gasteiger partial charge in [-0.05, 0) is 70.1 Å². The van der Waals surface area contributed by atoms with E-state index in [0.29, 0.717) is 25.7 Å². The molecule has 3 aromatic rings. The number of carbonyl (C=O) groups excluding carboxylic acids is 1. The van der Waals surface area contributed by atoms with E-state index in [1.165, 1.54) is 37.5 Å². The zero-order valence-electron chi connectivity index (χ0n) is 17.7. The van der Waals surface area contributed by atoms with E-state index in [-0.39, 0.29) is 23.6 Å². The first-order valence-electron chi connectivity index (χ1n) is 9.73. The summed E-state index contributed by atoms with van der Waals surface area (Å²) in [5.74, 6) is 0.245. The highest BCUT2D eigenvalue weighted by Crippen LogP contribution is 2.35. The topological polar surface area (TPSA) is 114 Å². The Morgan fingerprint density at radius 3 is 2.68 bits per heavy atom. The minimum absolute atomic E-state index is 0.173. The van der Waals surface area contributed by atoms with Crippen LogP contribution >= 0.6 is 34.2 Å². The number of anilines is 1. The zero-order valence-corrected chi connectivity index (χ0v) is 20.7. The Balaban J connectivity index is 1.82. The van der Waals surface area contributed by atoms with Gasteiger partial charge in [-0.1, -0.05) is 29.8 Å². The van der Waals surface area contributed by atoms with Crippen LogP contribution < -0.4 is 14.8 Å². The van der Waals surface area contributed by atoms with Crippen LogP contribution in [0.3, 0.4) is 0 Å². The van der Waals surface area contributed by atoms with E-state index >= 15 is 0 Å². The van der Waals surface area contributed by atoms with E-state index in [1.807, 2.05) is 18.2 Å². The van der Waals surface area contributed by atoms with Crippen molar-refractivity contribution < 1.29 is 19.2 Å². The van der Waals surface area contributed by atoms with Crippen LogP contribution in [0.1, 0.15) is 11.1 Å². The molecule has 0 aliphatic rings. The largest absolute Gasteiger partial charge is 0.493 e. The predicted octanol–water partition coefficient (Wildman–Crippen LogP) is 5.99. The fourth-order valence-corrected chi connectivity index (χ4v) is 3.95. The van der Waals surface area contributed by atoms with Crippen molar-refractivity contribution in [2.45, 2.75) is 6.61 Å².